The van der Waals surface area contributed by atoms with E-state index in [1.54, 1.807) is 0 Å². The van der Waals surface area contributed by atoms with E-state index in [2.05, 4.69) is 10.8 Å². The van der Waals surface area contributed by atoms with Crippen molar-refractivity contribution in [2.45, 2.75) is 45.0 Å². The highest BCUT2D eigenvalue weighted by Gasteiger charge is 2.35. The van der Waals surface area contributed by atoms with Crippen molar-refractivity contribution in [1.29, 1.82) is 0 Å². The van der Waals surface area contributed by atoms with Gasteiger partial charge in [-0.05, 0) is 38.2 Å². The first kappa shape index (κ1) is 12.5. The summed E-state index contributed by atoms with van der Waals surface area (Å²) in [6.07, 6.45) is 7.40. The molecule has 2 aliphatic rings. The molecule has 2 fully saturated rings. The number of aliphatic carboxylic acids is 1. The minimum Gasteiger partial charge on any atom is -0.481 e. The lowest BCUT2D eigenvalue weighted by atomic mass is 9.80. The predicted octanol–water partition coefficient (Wildman–Crippen LogP) is 1.23. The SMILES string of the molecule is C/C=C/C1NC(C2CCCC(C(=O)O)C2)NO1. The average molecular weight is 240 g/mol. The maximum Gasteiger partial charge on any atom is 0.306 e. The number of nitrogens with one attached hydrogen (secondary N) is 2. The number of carbonyl (C=O) groups is 1. The van der Waals surface area contributed by atoms with Crippen LogP contribution in [0.3, 0.4) is 0 Å². The van der Waals surface area contributed by atoms with Crippen molar-refractivity contribution in [3.8, 4) is 0 Å². The number of rotatable bonds is 3. The van der Waals surface area contributed by atoms with E-state index < -0.39 is 5.97 Å². The van der Waals surface area contributed by atoms with Crippen molar-refractivity contribution in [2.75, 3.05) is 0 Å². The van der Waals surface area contributed by atoms with Crippen LogP contribution < -0.4 is 10.8 Å². The maximum absolute atomic E-state index is 11.0. The van der Waals surface area contributed by atoms with E-state index >= 15 is 0 Å². The van der Waals surface area contributed by atoms with Crippen molar-refractivity contribution < 1.29 is 14.7 Å². The third-order valence-electron chi connectivity index (χ3n) is 3.57. The number of hydrogen-bond donors (Lipinski definition) is 3. The predicted molar refractivity (Wildman–Crippen MR) is 62.8 cm³/mol. The Kier molecular flexibility index (Phi) is 4.15. The van der Waals surface area contributed by atoms with Gasteiger partial charge in [0.05, 0.1) is 12.1 Å². The second-order valence-electron chi connectivity index (χ2n) is 4.79. The first-order valence-electron chi connectivity index (χ1n) is 6.23. The fourth-order valence-corrected chi connectivity index (χ4v) is 2.65. The van der Waals surface area contributed by atoms with Gasteiger partial charge in [-0.3, -0.25) is 14.9 Å². The Balaban J connectivity index is 1.88. The van der Waals surface area contributed by atoms with Crippen LogP contribution in [0.1, 0.15) is 32.6 Å². The molecule has 1 aliphatic heterocycles. The number of carboxylic acids is 1. The lowest BCUT2D eigenvalue weighted by Gasteiger charge is -2.30. The molecule has 4 unspecified atom stereocenters. The largest absolute Gasteiger partial charge is 0.481 e. The molecule has 1 aliphatic carbocycles. The third kappa shape index (κ3) is 3.06. The summed E-state index contributed by atoms with van der Waals surface area (Å²) in [5.74, 6) is -0.531. The fourth-order valence-electron chi connectivity index (χ4n) is 2.65. The van der Waals surface area contributed by atoms with E-state index in [0.717, 1.165) is 25.7 Å². The van der Waals surface area contributed by atoms with Crippen LogP contribution in [0.4, 0.5) is 0 Å². The molecule has 0 aromatic heterocycles. The molecule has 2 rings (SSSR count). The van der Waals surface area contributed by atoms with Crippen molar-refractivity contribution in [3.63, 3.8) is 0 Å². The Labute approximate surface area is 101 Å². The molecule has 96 valence electrons. The summed E-state index contributed by atoms with van der Waals surface area (Å²) in [6, 6.07) is 0. The van der Waals surface area contributed by atoms with Crippen molar-refractivity contribution in [2.24, 2.45) is 11.8 Å². The van der Waals surface area contributed by atoms with Crippen LogP contribution in [0.2, 0.25) is 0 Å². The minimum atomic E-state index is -0.668. The molecule has 3 N–H and O–H groups in total. The topological polar surface area (TPSA) is 70.6 Å². The molecule has 5 heteroatoms. The quantitative estimate of drug-likeness (QED) is 0.647. The molecule has 5 nitrogen and oxygen atoms in total. The number of allylic oxidation sites excluding steroid dienone is 1. The third-order valence-corrected chi connectivity index (χ3v) is 3.57. The van der Waals surface area contributed by atoms with E-state index in [-0.39, 0.29) is 18.3 Å². The van der Waals surface area contributed by atoms with Gasteiger partial charge >= 0.3 is 5.97 Å². The number of carboxylic acid groups (broad SMARTS) is 1. The summed E-state index contributed by atoms with van der Waals surface area (Å²) in [5.41, 5.74) is 2.97. The van der Waals surface area contributed by atoms with Crippen LogP contribution in [-0.4, -0.2) is 23.5 Å². The molecule has 1 saturated carbocycles. The van der Waals surface area contributed by atoms with Gasteiger partial charge in [-0.2, -0.15) is 5.48 Å². The highest BCUT2D eigenvalue weighted by atomic mass is 16.7. The van der Waals surface area contributed by atoms with Gasteiger partial charge in [0.25, 0.3) is 0 Å². The number of hydrogen-bond acceptors (Lipinski definition) is 4. The minimum absolute atomic E-state index is 0.0679. The van der Waals surface area contributed by atoms with Crippen LogP contribution in [0.15, 0.2) is 12.2 Å². The Morgan fingerprint density at radius 1 is 1.47 bits per heavy atom. The summed E-state index contributed by atoms with van der Waals surface area (Å²) in [7, 11) is 0. The summed E-state index contributed by atoms with van der Waals surface area (Å²) in [5, 5.41) is 12.4. The molecule has 17 heavy (non-hydrogen) atoms. The van der Waals surface area contributed by atoms with Crippen LogP contribution >= 0.6 is 0 Å². The molecule has 1 saturated heterocycles. The zero-order valence-electron chi connectivity index (χ0n) is 10.1. The smallest absolute Gasteiger partial charge is 0.306 e. The first-order valence-corrected chi connectivity index (χ1v) is 6.23. The van der Waals surface area contributed by atoms with E-state index in [0.29, 0.717) is 5.92 Å². The van der Waals surface area contributed by atoms with Crippen LogP contribution in [0.5, 0.6) is 0 Å². The van der Waals surface area contributed by atoms with Gasteiger partial charge in [0, 0.05) is 0 Å². The average Bonchev–Trinajstić information content (AvgIpc) is 2.78. The van der Waals surface area contributed by atoms with Crippen LogP contribution in [0.25, 0.3) is 0 Å². The van der Waals surface area contributed by atoms with Crippen LogP contribution in [0, 0.1) is 11.8 Å². The Morgan fingerprint density at radius 2 is 2.29 bits per heavy atom. The van der Waals surface area contributed by atoms with Gasteiger partial charge in [0.15, 0.2) is 0 Å². The molecular weight excluding hydrogens is 220 g/mol. The van der Waals surface area contributed by atoms with Crippen molar-refractivity contribution >= 4 is 5.97 Å². The second kappa shape index (κ2) is 5.62. The van der Waals surface area contributed by atoms with E-state index in [4.69, 9.17) is 9.94 Å². The Bertz CT molecular complexity index is 306. The Morgan fingerprint density at radius 3 is 3.00 bits per heavy atom. The van der Waals surface area contributed by atoms with Crippen LogP contribution in [-0.2, 0) is 9.63 Å². The highest BCUT2D eigenvalue weighted by Crippen LogP contribution is 2.31. The van der Waals surface area contributed by atoms with E-state index in [1.165, 1.54) is 0 Å². The van der Waals surface area contributed by atoms with Crippen molar-refractivity contribution in [1.82, 2.24) is 10.8 Å². The Hall–Kier alpha value is -0.910. The lowest BCUT2D eigenvalue weighted by Crippen LogP contribution is -2.42. The molecule has 0 aromatic rings. The molecule has 4 atom stereocenters. The lowest BCUT2D eigenvalue weighted by molar-refractivity contribution is -0.143. The normalized spacial score (nSPS) is 38.6. The van der Waals surface area contributed by atoms with Gasteiger partial charge in [-0.1, -0.05) is 12.5 Å². The van der Waals surface area contributed by atoms with E-state index in [1.807, 2.05) is 19.1 Å². The molecule has 0 spiro atoms. The molecule has 0 bridgehead atoms. The van der Waals surface area contributed by atoms with Gasteiger partial charge in [0.2, 0.25) is 0 Å². The monoisotopic (exact) mass is 240 g/mol. The summed E-state index contributed by atoms with van der Waals surface area (Å²) in [6.45, 7) is 1.94. The highest BCUT2D eigenvalue weighted by molar-refractivity contribution is 5.70. The van der Waals surface area contributed by atoms with Crippen molar-refractivity contribution in [3.05, 3.63) is 12.2 Å². The molecule has 0 radical (unpaired) electrons. The molecule has 0 amide bonds. The zero-order chi connectivity index (χ0) is 12.3. The van der Waals surface area contributed by atoms with E-state index in [9.17, 15) is 4.79 Å². The van der Waals surface area contributed by atoms with Gasteiger partial charge < -0.3 is 5.11 Å². The summed E-state index contributed by atoms with van der Waals surface area (Å²) >= 11 is 0. The van der Waals surface area contributed by atoms with Gasteiger partial charge in [-0.25, -0.2) is 0 Å². The van der Waals surface area contributed by atoms with Gasteiger partial charge in [0.1, 0.15) is 6.23 Å². The number of hydroxylamine groups is 1. The second-order valence-corrected chi connectivity index (χ2v) is 4.79. The molecule has 0 aromatic carbocycles. The molecule has 1 heterocycles. The molecular formula is C12H20N2O3. The first-order chi connectivity index (χ1) is 8.20. The van der Waals surface area contributed by atoms with Gasteiger partial charge in [-0.15, -0.1) is 0 Å². The summed E-state index contributed by atoms with van der Waals surface area (Å²) < 4.78 is 0. The standard InChI is InChI=1S/C12H20N2O3/c1-2-4-10-13-11(14-17-10)8-5-3-6-9(7-8)12(15)16/h2,4,8-11,13-14H,3,5-7H2,1H3,(H,15,16)/b4-2+. The summed E-state index contributed by atoms with van der Waals surface area (Å²) in [4.78, 5) is 16.4. The fraction of sp³-hybridized carbons (Fsp3) is 0.750. The maximum atomic E-state index is 11.0. The zero-order valence-corrected chi connectivity index (χ0v) is 10.1.